The van der Waals surface area contributed by atoms with Crippen LogP contribution in [0.3, 0.4) is 0 Å². The summed E-state index contributed by atoms with van der Waals surface area (Å²) in [7, 11) is 0. The molecule has 0 saturated carbocycles. The van der Waals surface area contributed by atoms with E-state index in [1.807, 2.05) is 18.2 Å². The number of aromatic nitrogens is 2. The van der Waals surface area contributed by atoms with Crippen molar-refractivity contribution in [1.29, 1.82) is 0 Å². The summed E-state index contributed by atoms with van der Waals surface area (Å²) in [4.78, 5) is 15.9. The maximum Gasteiger partial charge on any atom is 0.256 e. The van der Waals surface area contributed by atoms with E-state index in [9.17, 15) is 4.79 Å². The molecule has 19 heavy (non-hydrogen) atoms. The lowest BCUT2D eigenvalue weighted by molar-refractivity contribution is 0.102. The minimum Gasteiger partial charge on any atom is -0.305 e. The molecule has 1 amide bonds. The van der Waals surface area contributed by atoms with Crippen molar-refractivity contribution >= 4 is 49.3 Å². The maximum absolute atomic E-state index is 12.1. The Morgan fingerprint density at radius 2 is 2.00 bits per heavy atom. The number of hydrogen-bond acceptors (Lipinski definition) is 4. The van der Waals surface area contributed by atoms with E-state index in [0.717, 1.165) is 14.6 Å². The van der Waals surface area contributed by atoms with E-state index >= 15 is 0 Å². The molecule has 0 bridgehead atoms. The van der Waals surface area contributed by atoms with Crippen molar-refractivity contribution in [3.63, 3.8) is 0 Å². The van der Waals surface area contributed by atoms with E-state index in [0.29, 0.717) is 11.4 Å². The average molecular weight is 334 g/mol. The van der Waals surface area contributed by atoms with Gasteiger partial charge in [-0.1, -0.05) is 15.9 Å². The average Bonchev–Trinajstić information content (AvgIpc) is 2.82. The molecule has 4 nitrogen and oxygen atoms in total. The minimum absolute atomic E-state index is 0.186. The number of rotatable bonds is 2. The van der Waals surface area contributed by atoms with E-state index in [1.54, 1.807) is 24.5 Å². The van der Waals surface area contributed by atoms with E-state index in [-0.39, 0.29) is 5.91 Å². The number of anilines is 1. The predicted molar refractivity (Wildman–Crippen MR) is 79.5 cm³/mol. The van der Waals surface area contributed by atoms with Crippen molar-refractivity contribution in [3.05, 3.63) is 52.8 Å². The Hall–Kier alpha value is -1.79. The summed E-state index contributed by atoms with van der Waals surface area (Å²) in [5, 5.41) is 3.75. The van der Waals surface area contributed by atoms with E-state index in [2.05, 4.69) is 30.6 Å². The zero-order chi connectivity index (χ0) is 13.2. The third kappa shape index (κ3) is 2.50. The fourth-order valence-corrected chi connectivity index (χ4v) is 2.76. The summed E-state index contributed by atoms with van der Waals surface area (Å²) >= 11 is 4.78. The number of benzene rings is 1. The minimum atomic E-state index is -0.186. The zero-order valence-electron chi connectivity index (χ0n) is 9.63. The van der Waals surface area contributed by atoms with Gasteiger partial charge in [-0.05, 0) is 41.9 Å². The Kier molecular flexibility index (Phi) is 3.27. The van der Waals surface area contributed by atoms with Gasteiger partial charge in [0.05, 0.1) is 4.70 Å². The Balaban J connectivity index is 1.94. The zero-order valence-corrected chi connectivity index (χ0v) is 12.0. The van der Waals surface area contributed by atoms with Crippen LogP contribution in [0.1, 0.15) is 10.4 Å². The molecular formula is C13H8BrN3OS. The standard InChI is InChI=1S/C13H8BrN3OS/c14-9-1-2-11-10(7-9)12(17-19-11)16-13(18)8-3-5-15-6-4-8/h1-7H,(H,16,17,18). The number of pyridine rings is 1. The van der Waals surface area contributed by atoms with Gasteiger partial charge in [0.2, 0.25) is 0 Å². The van der Waals surface area contributed by atoms with Crippen LogP contribution in [-0.4, -0.2) is 15.3 Å². The summed E-state index contributed by atoms with van der Waals surface area (Å²) < 4.78 is 6.27. The van der Waals surface area contributed by atoms with Crippen molar-refractivity contribution in [2.24, 2.45) is 0 Å². The van der Waals surface area contributed by atoms with Crippen LogP contribution in [0, 0.1) is 0 Å². The molecule has 94 valence electrons. The highest BCUT2D eigenvalue weighted by Crippen LogP contribution is 2.29. The predicted octanol–water partition coefficient (Wildman–Crippen LogP) is 3.71. The number of carbonyl (C=O) groups excluding carboxylic acids is 1. The molecule has 0 atom stereocenters. The quantitative estimate of drug-likeness (QED) is 0.777. The van der Waals surface area contributed by atoms with Gasteiger partial charge in [-0.2, -0.15) is 4.37 Å². The summed E-state index contributed by atoms with van der Waals surface area (Å²) in [6, 6.07) is 9.20. The van der Waals surface area contributed by atoms with Crippen LogP contribution >= 0.6 is 27.5 Å². The Morgan fingerprint density at radius 3 is 2.79 bits per heavy atom. The Morgan fingerprint density at radius 1 is 1.21 bits per heavy atom. The first kappa shape index (κ1) is 12.3. The monoisotopic (exact) mass is 333 g/mol. The number of nitrogens with zero attached hydrogens (tertiary/aromatic N) is 2. The number of nitrogens with one attached hydrogen (secondary N) is 1. The summed E-state index contributed by atoms with van der Waals surface area (Å²) in [6.07, 6.45) is 3.18. The molecule has 0 spiro atoms. The van der Waals surface area contributed by atoms with Crippen molar-refractivity contribution in [2.45, 2.75) is 0 Å². The number of carbonyl (C=O) groups is 1. The van der Waals surface area contributed by atoms with Crippen LogP contribution in [0.5, 0.6) is 0 Å². The first-order chi connectivity index (χ1) is 9.24. The number of hydrogen-bond donors (Lipinski definition) is 1. The van der Waals surface area contributed by atoms with Crippen LogP contribution in [0.4, 0.5) is 5.82 Å². The first-order valence-electron chi connectivity index (χ1n) is 5.50. The molecule has 1 aromatic carbocycles. The molecule has 0 saturated heterocycles. The molecule has 0 fully saturated rings. The topological polar surface area (TPSA) is 54.9 Å². The molecule has 2 heterocycles. The van der Waals surface area contributed by atoms with Crippen LogP contribution < -0.4 is 5.32 Å². The van der Waals surface area contributed by atoms with Gasteiger partial charge < -0.3 is 5.32 Å². The molecule has 6 heteroatoms. The molecular weight excluding hydrogens is 326 g/mol. The molecule has 0 unspecified atom stereocenters. The van der Waals surface area contributed by atoms with Gasteiger partial charge in [0.1, 0.15) is 0 Å². The highest BCUT2D eigenvalue weighted by Gasteiger charge is 2.11. The fourth-order valence-electron chi connectivity index (χ4n) is 1.68. The maximum atomic E-state index is 12.1. The molecule has 3 rings (SSSR count). The molecule has 1 N–H and O–H groups in total. The van der Waals surface area contributed by atoms with Crippen LogP contribution in [0.25, 0.3) is 10.1 Å². The van der Waals surface area contributed by atoms with E-state index in [4.69, 9.17) is 0 Å². The second-order valence-corrected chi connectivity index (χ2v) is 5.58. The van der Waals surface area contributed by atoms with Crippen LogP contribution in [0.2, 0.25) is 0 Å². The van der Waals surface area contributed by atoms with E-state index < -0.39 is 0 Å². The second kappa shape index (κ2) is 5.07. The summed E-state index contributed by atoms with van der Waals surface area (Å²) in [5.41, 5.74) is 0.561. The first-order valence-corrected chi connectivity index (χ1v) is 7.07. The molecule has 2 aromatic heterocycles. The third-order valence-corrected chi connectivity index (χ3v) is 3.93. The normalized spacial score (nSPS) is 10.6. The molecule has 0 aliphatic heterocycles. The van der Waals surface area contributed by atoms with Crippen molar-refractivity contribution in [2.75, 3.05) is 5.32 Å². The van der Waals surface area contributed by atoms with Gasteiger partial charge >= 0.3 is 0 Å². The highest BCUT2D eigenvalue weighted by atomic mass is 79.9. The SMILES string of the molecule is O=C(Nc1nsc2ccc(Br)cc12)c1ccncc1. The van der Waals surface area contributed by atoms with Gasteiger partial charge in [0.25, 0.3) is 5.91 Å². The molecule has 0 aliphatic rings. The molecule has 3 aromatic rings. The number of fused-ring (bicyclic) bond motifs is 1. The lowest BCUT2D eigenvalue weighted by Gasteiger charge is -2.02. The fraction of sp³-hybridized carbons (Fsp3) is 0. The molecule has 0 radical (unpaired) electrons. The second-order valence-electron chi connectivity index (χ2n) is 3.86. The summed E-state index contributed by atoms with van der Waals surface area (Å²) in [6.45, 7) is 0. The van der Waals surface area contributed by atoms with Gasteiger partial charge in [-0.3, -0.25) is 9.78 Å². The van der Waals surface area contributed by atoms with Gasteiger partial charge in [-0.25, -0.2) is 0 Å². The number of amides is 1. The lowest BCUT2D eigenvalue weighted by atomic mass is 10.2. The van der Waals surface area contributed by atoms with Gasteiger partial charge in [0, 0.05) is 27.8 Å². The smallest absolute Gasteiger partial charge is 0.256 e. The largest absolute Gasteiger partial charge is 0.305 e. The van der Waals surface area contributed by atoms with Crippen molar-refractivity contribution < 1.29 is 4.79 Å². The summed E-state index contributed by atoms with van der Waals surface area (Å²) in [5.74, 6) is 0.401. The van der Waals surface area contributed by atoms with Crippen molar-refractivity contribution in [1.82, 2.24) is 9.36 Å². The molecule has 0 aliphatic carbocycles. The lowest BCUT2D eigenvalue weighted by Crippen LogP contribution is -2.12. The van der Waals surface area contributed by atoms with Gasteiger partial charge in [-0.15, -0.1) is 0 Å². The Labute approximate surface area is 121 Å². The highest BCUT2D eigenvalue weighted by molar-refractivity contribution is 9.10. The van der Waals surface area contributed by atoms with Crippen LogP contribution in [0.15, 0.2) is 47.2 Å². The van der Waals surface area contributed by atoms with Crippen molar-refractivity contribution in [3.8, 4) is 0 Å². The number of halogens is 1. The van der Waals surface area contributed by atoms with E-state index in [1.165, 1.54) is 11.5 Å². The Bertz CT molecular complexity index is 742. The third-order valence-electron chi connectivity index (χ3n) is 2.61. The van der Waals surface area contributed by atoms with Crippen LogP contribution in [-0.2, 0) is 0 Å². The van der Waals surface area contributed by atoms with Gasteiger partial charge in [0.15, 0.2) is 5.82 Å².